The number of alkyl halides is 5. The van der Waals surface area contributed by atoms with Crippen LogP contribution in [0, 0.1) is 0 Å². The molecule has 2 aliphatic heterocycles. The lowest BCUT2D eigenvalue weighted by atomic mass is 9.74. The van der Waals surface area contributed by atoms with E-state index in [1.54, 1.807) is 6.08 Å². The van der Waals surface area contributed by atoms with Crippen molar-refractivity contribution in [2.75, 3.05) is 19.6 Å². The second-order valence-corrected chi connectivity index (χ2v) is 7.05. The molecule has 1 fully saturated rings. The van der Waals surface area contributed by atoms with Crippen LogP contribution < -0.4 is 0 Å². The summed E-state index contributed by atoms with van der Waals surface area (Å²) in [6.45, 7) is 6.38. The monoisotopic (exact) mass is 341 g/mol. The molecule has 0 spiro atoms. The molecular formula is C14H21BF5NO2. The second-order valence-electron chi connectivity index (χ2n) is 7.05. The smallest absolute Gasteiger partial charge is 0.400 e. The molecule has 0 aromatic heterocycles. The van der Waals surface area contributed by atoms with Crippen LogP contribution in [0.3, 0.4) is 0 Å². The molecule has 0 N–H and O–H groups in total. The van der Waals surface area contributed by atoms with Gasteiger partial charge in [-0.1, -0.05) is 6.08 Å². The van der Waals surface area contributed by atoms with Gasteiger partial charge in [0, 0.05) is 13.1 Å². The van der Waals surface area contributed by atoms with E-state index in [1.807, 2.05) is 27.7 Å². The Hall–Kier alpha value is -0.665. The van der Waals surface area contributed by atoms with E-state index in [1.165, 1.54) is 0 Å². The minimum atomic E-state index is -5.53. The van der Waals surface area contributed by atoms with E-state index in [4.69, 9.17) is 9.31 Å². The summed E-state index contributed by atoms with van der Waals surface area (Å²) in [5.41, 5.74) is -0.243. The van der Waals surface area contributed by atoms with E-state index in [9.17, 15) is 22.0 Å². The van der Waals surface area contributed by atoms with Crippen LogP contribution in [0.2, 0.25) is 0 Å². The number of nitrogens with zero attached hydrogens (tertiary/aromatic N) is 1. The zero-order valence-electron chi connectivity index (χ0n) is 13.6. The van der Waals surface area contributed by atoms with Crippen molar-refractivity contribution in [3.63, 3.8) is 0 Å². The molecule has 0 aliphatic carbocycles. The molecule has 0 bridgehead atoms. The fraction of sp³-hybridized carbons (Fsp3) is 0.857. The second kappa shape index (κ2) is 5.70. The highest BCUT2D eigenvalue weighted by Crippen LogP contribution is 2.40. The van der Waals surface area contributed by atoms with E-state index in [0.29, 0.717) is 6.42 Å². The Bertz CT molecular complexity index is 474. The van der Waals surface area contributed by atoms with E-state index < -0.39 is 37.0 Å². The van der Waals surface area contributed by atoms with Crippen molar-refractivity contribution >= 4 is 7.12 Å². The standard InChI is InChI=1S/C14H21BF5NO2/c1-11(2)12(3,4)23-15(22-11)10-5-7-21(8-6-10)9-13(16,17)14(18,19)20/h5H,6-9H2,1-4H3. The maximum Gasteiger partial charge on any atom is 0.490 e. The first-order valence-electron chi connectivity index (χ1n) is 7.47. The van der Waals surface area contributed by atoms with E-state index in [2.05, 4.69) is 0 Å². The third kappa shape index (κ3) is 3.72. The van der Waals surface area contributed by atoms with Crippen LogP contribution in [0.25, 0.3) is 0 Å². The van der Waals surface area contributed by atoms with Crippen molar-refractivity contribution < 1.29 is 31.3 Å². The van der Waals surface area contributed by atoms with Crippen molar-refractivity contribution in [1.82, 2.24) is 4.90 Å². The molecule has 23 heavy (non-hydrogen) atoms. The van der Waals surface area contributed by atoms with Crippen LogP contribution >= 0.6 is 0 Å². The van der Waals surface area contributed by atoms with Gasteiger partial charge in [0.05, 0.1) is 17.7 Å². The Balaban J connectivity index is 1.98. The minimum Gasteiger partial charge on any atom is -0.400 e. The zero-order valence-corrected chi connectivity index (χ0v) is 13.6. The van der Waals surface area contributed by atoms with Gasteiger partial charge in [0.1, 0.15) is 0 Å². The highest BCUT2D eigenvalue weighted by Gasteiger charge is 2.58. The molecule has 0 radical (unpaired) electrons. The van der Waals surface area contributed by atoms with Gasteiger partial charge in [-0.3, -0.25) is 4.90 Å². The van der Waals surface area contributed by atoms with Gasteiger partial charge in [0.2, 0.25) is 0 Å². The Morgan fingerprint density at radius 3 is 2.00 bits per heavy atom. The number of hydrogen-bond donors (Lipinski definition) is 0. The first-order chi connectivity index (χ1) is 10.3. The van der Waals surface area contributed by atoms with Crippen LogP contribution in [-0.2, 0) is 9.31 Å². The van der Waals surface area contributed by atoms with E-state index >= 15 is 0 Å². The van der Waals surface area contributed by atoms with Gasteiger partial charge < -0.3 is 9.31 Å². The topological polar surface area (TPSA) is 21.7 Å². The van der Waals surface area contributed by atoms with Crippen LogP contribution in [0.4, 0.5) is 22.0 Å². The Morgan fingerprint density at radius 2 is 1.61 bits per heavy atom. The Labute approximate surface area is 132 Å². The highest BCUT2D eigenvalue weighted by molar-refractivity contribution is 6.54. The van der Waals surface area contributed by atoms with Gasteiger partial charge in [-0.05, 0) is 39.6 Å². The fourth-order valence-electron chi connectivity index (χ4n) is 2.45. The summed E-state index contributed by atoms with van der Waals surface area (Å²) >= 11 is 0. The molecular weight excluding hydrogens is 320 g/mol. The summed E-state index contributed by atoms with van der Waals surface area (Å²) in [5, 5.41) is 0. The maximum atomic E-state index is 13.1. The number of rotatable bonds is 3. The van der Waals surface area contributed by atoms with Gasteiger partial charge >= 0.3 is 19.2 Å². The lowest BCUT2D eigenvalue weighted by molar-refractivity contribution is -0.286. The predicted molar refractivity (Wildman–Crippen MR) is 76.2 cm³/mol. The van der Waals surface area contributed by atoms with Crippen LogP contribution in [0.1, 0.15) is 34.1 Å². The van der Waals surface area contributed by atoms with Crippen molar-refractivity contribution in [2.45, 2.75) is 57.4 Å². The molecule has 0 amide bonds. The molecule has 2 rings (SSSR count). The minimum absolute atomic E-state index is 0.0189. The average molecular weight is 341 g/mol. The lowest BCUT2D eigenvalue weighted by Crippen LogP contribution is -2.48. The summed E-state index contributed by atoms with van der Waals surface area (Å²) in [4.78, 5) is 1.09. The fourth-order valence-corrected chi connectivity index (χ4v) is 2.45. The molecule has 3 nitrogen and oxygen atoms in total. The first kappa shape index (κ1) is 18.7. The highest BCUT2D eigenvalue weighted by atomic mass is 19.4. The average Bonchev–Trinajstić information content (AvgIpc) is 2.57. The predicted octanol–water partition coefficient (Wildman–Crippen LogP) is 3.45. The zero-order chi connectivity index (χ0) is 17.7. The molecule has 132 valence electrons. The van der Waals surface area contributed by atoms with Crippen LogP contribution in [0.5, 0.6) is 0 Å². The summed E-state index contributed by atoms with van der Waals surface area (Å²) in [7, 11) is -0.578. The van der Waals surface area contributed by atoms with E-state index in [-0.39, 0.29) is 13.1 Å². The third-order valence-corrected chi connectivity index (χ3v) is 4.72. The van der Waals surface area contributed by atoms with Crippen molar-refractivity contribution in [2.24, 2.45) is 0 Å². The van der Waals surface area contributed by atoms with Gasteiger partial charge in [-0.15, -0.1) is 0 Å². The van der Waals surface area contributed by atoms with Crippen molar-refractivity contribution in [1.29, 1.82) is 0 Å². The quantitative estimate of drug-likeness (QED) is 0.580. The van der Waals surface area contributed by atoms with Crippen molar-refractivity contribution in [3.8, 4) is 0 Å². The molecule has 0 unspecified atom stereocenters. The SMILES string of the molecule is CC1(C)OB(C2=CCN(CC(F)(F)C(F)(F)F)CC2)OC1(C)C. The normalized spacial score (nSPS) is 25.6. The molecule has 9 heteroatoms. The third-order valence-electron chi connectivity index (χ3n) is 4.72. The number of hydrogen-bond acceptors (Lipinski definition) is 3. The molecule has 0 aromatic rings. The van der Waals surface area contributed by atoms with Crippen LogP contribution in [-0.4, -0.2) is 55.0 Å². The Morgan fingerprint density at radius 1 is 1.09 bits per heavy atom. The summed E-state index contributed by atoms with van der Waals surface area (Å²) in [6.07, 6.45) is -3.56. The summed E-state index contributed by atoms with van der Waals surface area (Å²) in [5.74, 6) is -4.71. The molecule has 0 atom stereocenters. The maximum absolute atomic E-state index is 13.1. The first-order valence-corrected chi connectivity index (χ1v) is 7.47. The Kier molecular flexibility index (Phi) is 4.63. The van der Waals surface area contributed by atoms with Crippen molar-refractivity contribution in [3.05, 3.63) is 11.5 Å². The lowest BCUT2D eigenvalue weighted by Gasteiger charge is -2.32. The van der Waals surface area contributed by atoms with Gasteiger partial charge in [-0.2, -0.15) is 22.0 Å². The van der Waals surface area contributed by atoms with Gasteiger partial charge in [-0.25, -0.2) is 0 Å². The number of halogens is 5. The largest absolute Gasteiger partial charge is 0.490 e. The van der Waals surface area contributed by atoms with Gasteiger partial charge in [0.15, 0.2) is 0 Å². The van der Waals surface area contributed by atoms with E-state index in [0.717, 1.165) is 10.4 Å². The molecule has 0 aromatic carbocycles. The van der Waals surface area contributed by atoms with Gasteiger partial charge in [0.25, 0.3) is 0 Å². The summed E-state index contributed by atoms with van der Waals surface area (Å²) in [6, 6.07) is 0. The van der Waals surface area contributed by atoms with Crippen LogP contribution in [0.15, 0.2) is 11.5 Å². The molecule has 0 saturated carbocycles. The molecule has 2 aliphatic rings. The molecule has 1 saturated heterocycles. The summed E-state index contributed by atoms with van der Waals surface area (Å²) < 4.78 is 74.6. The molecule has 2 heterocycles.